The molecule has 0 bridgehead atoms. The molecule has 1 aliphatic rings. The predicted molar refractivity (Wildman–Crippen MR) is 113 cm³/mol. The van der Waals surface area contributed by atoms with Crippen molar-refractivity contribution in [3.05, 3.63) is 24.3 Å². The van der Waals surface area contributed by atoms with Crippen molar-refractivity contribution in [2.24, 2.45) is 5.92 Å². The number of benzene rings is 1. The lowest BCUT2D eigenvalue weighted by atomic mass is 10.2. The van der Waals surface area contributed by atoms with Gasteiger partial charge in [0.2, 0.25) is 5.91 Å². The van der Waals surface area contributed by atoms with Crippen molar-refractivity contribution in [2.45, 2.75) is 38.0 Å². The molecule has 1 aromatic carbocycles. The lowest BCUT2D eigenvalue weighted by Gasteiger charge is -2.13. The van der Waals surface area contributed by atoms with Gasteiger partial charge in [-0.1, -0.05) is 25.6 Å². The highest BCUT2D eigenvalue weighted by Gasteiger charge is 2.29. The molecule has 29 heavy (non-hydrogen) atoms. The van der Waals surface area contributed by atoms with Crippen LogP contribution in [0.25, 0.3) is 11.4 Å². The van der Waals surface area contributed by atoms with Crippen molar-refractivity contribution in [1.82, 2.24) is 20.1 Å². The van der Waals surface area contributed by atoms with Gasteiger partial charge in [0.1, 0.15) is 5.75 Å². The fourth-order valence-electron chi connectivity index (χ4n) is 3.19. The Kier molecular flexibility index (Phi) is 6.84. The minimum Gasteiger partial charge on any atom is -0.497 e. The molecule has 2 aromatic rings. The zero-order valence-corrected chi connectivity index (χ0v) is 18.4. The summed E-state index contributed by atoms with van der Waals surface area (Å²) in [5.74, 6) is 2.01. The Labute approximate surface area is 175 Å². The van der Waals surface area contributed by atoms with Crippen LogP contribution >= 0.6 is 11.8 Å². The zero-order valence-electron chi connectivity index (χ0n) is 16.8. The second-order valence-electron chi connectivity index (χ2n) is 7.50. The first kappa shape index (κ1) is 21.6. The lowest BCUT2D eigenvalue weighted by Crippen LogP contribution is -2.36. The lowest BCUT2D eigenvalue weighted by molar-refractivity contribution is -0.119. The molecule has 1 saturated heterocycles. The van der Waals surface area contributed by atoms with Crippen molar-refractivity contribution in [3.63, 3.8) is 0 Å². The fourth-order valence-corrected chi connectivity index (χ4v) is 5.62. The fraction of sp³-hybridized carbons (Fsp3) is 0.526. The first-order chi connectivity index (χ1) is 13.8. The molecular weight excluding hydrogens is 412 g/mol. The highest BCUT2D eigenvalue weighted by molar-refractivity contribution is 7.99. The third-order valence-corrected chi connectivity index (χ3v) is 7.28. The van der Waals surface area contributed by atoms with Gasteiger partial charge in [0.15, 0.2) is 20.8 Å². The minimum absolute atomic E-state index is 0.0224. The molecule has 0 aliphatic carbocycles. The maximum atomic E-state index is 12.3. The molecule has 1 N–H and O–H groups in total. The normalized spacial score (nSPS) is 18.1. The van der Waals surface area contributed by atoms with E-state index in [1.807, 2.05) is 28.8 Å². The van der Waals surface area contributed by atoms with E-state index in [-0.39, 0.29) is 29.2 Å². The number of nitrogens with one attached hydrogen (secondary N) is 1. The Hall–Kier alpha value is -2.07. The van der Waals surface area contributed by atoms with Gasteiger partial charge in [-0.25, -0.2) is 8.42 Å². The first-order valence-corrected chi connectivity index (χ1v) is 12.3. The summed E-state index contributed by atoms with van der Waals surface area (Å²) >= 11 is 1.31. The van der Waals surface area contributed by atoms with Crippen molar-refractivity contribution in [3.8, 4) is 17.1 Å². The number of sulfone groups is 1. The second-order valence-corrected chi connectivity index (χ2v) is 10.7. The Bertz CT molecular complexity index is 955. The molecule has 1 amide bonds. The number of carbonyl (C=O) groups is 1. The number of hydrogen-bond donors (Lipinski definition) is 1. The number of ether oxygens (including phenoxy) is 1. The van der Waals surface area contributed by atoms with E-state index in [0.717, 1.165) is 23.7 Å². The van der Waals surface area contributed by atoms with Crippen molar-refractivity contribution < 1.29 is 17.9 Å². The summed E-state index contributed by atoms with van der Waals surface area (Å²) in [4.78, 5) is 12.3. The van der Waals surface area contributed by atoms with Gasteiger partial charge in [-0.05, 0) is 36.6 Å². The molecule has 1 atom stereocenters. The smallest absolute Gasteiger partial charge is 0.230 e. The van der Waals surface area contributed by atoms with Crippen LogP contribution < -0.4 is 10.1 Å². The molecule has 1 aromatic heterocycles. The van der Waals surface area contributed by atoms with Gasteiger partial charge >= 0.3 is 0 Å². The van der Waals surface area contributed by atoms with E-state index in [0.29, 0.717) is 17.5 Å². The molecule has 1 fully saturated rings. The van der Waals surface area contributed by atoms with Crippen LogP contribution in [0, 0.1) is 5.92 Å². The van der Waals surface area contributed by atoms with E-state index in [4.69, 9.17) is 4.74 Å². The Morgan fingerprint density at radius 3 is 2.62 bits per heavy atom. The van der Waals surface area contributed by atoms with Crippen molar-refractivity contribution >= 4 is 27.5 Å². The molecule has 2 heterocycles. The monoisotopic (exact) mass is 438 g/mol. The summed E-state index contributed by atoms with van der Waals surface area (Å²) in [6.45, 7) is 4.94. The minimum atomic E-state index is -3.02. The average Bonchev–Trinajstić information content (AvgIpc) is 3.22. The van der Waals surface area contributed by atoms with Crippen LogP contribution in [0.15, 0.2) is 29.4 Å². The summed E-state index contributed by atoms with van der Waals surface area (Å²) in [7, 11) is -1.40. The Morgan fingerprint density at radius 2 is 2.03 bits per heavy atom. The van der Waals surface area contributed by atoms with Crippen LogP contribution in [0.4, 0.5) is 0 Å². The van der Waals surface area contributed by atoms with Crippen molar-refractivity contribution in [2.75, 3.05) is 24.4 Å². The van der Waals surface area contributed by atoms with Gasteiger partial charge in [0.05, 0.1) is 24.4 Å². The maximum Gasteiger partial charge on any atom is 0.230 e. The summed E-state index contributed by atoms with van der Waals surface area (Å²) < 4.78 is 30.3. The molecular formula is C19H26N4O4S2. The number of rotatable bonds is 8. The second kappa shape index (κ2) is 9.17. The van der Waals surface area contributed by atoms with E-state index in [9.17, 15) is 13.2 Å². The van der Waals surface area contributed by atoms with Crippen LogP contribution in [-0.4, -0.2) is 59.5 Å². The summed E-state index contributed by atoms with van der Waals surface area (Å²) in [5.41, 5.74) is 0.923. The van der Waals surface area contributed by atoms with Crippen molar-refractivity contribution in [1.29, 1.82) is 0 Å². The topological polar surface area (TPSA) is 103 Å². The first-order valence-electron chi connectivity index (χ1n) is 9.47. The molecule has 0 radical (unpaired) electrons. The molecule has 3 rings (SSSR count). The van der Waals surface area contributed by atoms with Gasteiger partial charge in [-0.2, -0.15) is 0 Å². The SMILES string of the molecule is COc1ccc(-c2nnc(SCC(=O)NC3CCS(=O)(=O)C3)n2CC(C)C)cc1. The van der Waals surface area contributed by atoms with Crippen LogP contribution in [0.5, 0.6) is 5.75 Å². The third-order valence-electron chi connectivity index (χ3n) is 4.54. The molecule has 1 aliphatic heterocycles. The molecule has 10 heteroatoms. The highest BCUT2D eigenvalue weighted by Crippen LogP contribution is 2.26. The zero-order chi connectivity index (χ0) is 21.0. The van der Waals surface area contributed by atoms with Gasteiger partial charge in [0, 0.05) is 18.2 Å². The number of thioether (sulfide) groups is 1. The van der Waals surface area contributed by atoms with Crippen LogP contribution in [0.1, 0.15) is 20.3 Å². The number of amides is 1. The van der Waals surface area contributed by atoms with Crippen LogP contribution in [-0.2, 0) is 21.2 Å². The highest BCUT2D eigenvalue weighted by atomic mass is 32.2. The maximum absolute atomic E-state index is 12.3. The Balaban J connectivity index is 1.70. The number of methoxy groups -OCH3 is 1. The van der Waals surface area contributed by atoms with Gasteiger partial charge in [0.25, 0.3) is 0 Å². The molecule has 0 spiro atoms. The molecule has 0 saturated carbocycles. The number of aromatic nitrogens is 3. The quantitative estimate of drug-likeness (QED) is 0.629. The molecule has 158 valence electrons. The summed E-state index contributed by atoms with van der Waals surface area (Å²) in [5, 5.41) is 12.1. The van der Waals surface area contributed by atoms with Crippen LogP contribution in [0.2, 0.25) is 0 Å². The van der Waals surface area contributed by atoms with Gasteiger partial charge < -0.3 is 14.6 Å². The summed E-state index contributed by atoms with van der Waals surface area (Å²) in [6.07, 6.45) is 0.476. The average molecular weight is 439 g/mol. The third kappa shape index (κ3) is 5.72. The standard InChI is InChI=1S/C19H26N4O4S2/c1-13(2)10-23-18(14-4-6-16(27-3)7-5-14)21-22-19(23)28-11-17(24)20-15-8-9-29(25,26)12-15/h4-7,13,15H,8-12H2,1-3H3,(H,20,24). The van der Waals surface area contributed by atoms with E-state index < -0.39 is 9.84 Å². The summed E-state index contributed by atoms with van der Waals surface area (Å²) in [6, 6.07) is 7.32. The largest absolute Gasteiger partial charge is 0.497 e. The predicted octanol–water partition coefficient (Wildman–Crippen LogP) is 2.01. The van der Waals surface area contributed by atoms with Crippen LogP contribution in [0.3, 0.4) is 0 Å². The number of hydrogen-bond acceptors (Lipinski definition) is 7. The van der Waals surface area contributed by atoms with E-state index >= 15 is 0 Å². The van der Waals surface area contributed by atoms with Gasteiger partial charge in [-0.3, -0.25) is 4.79 Å². The number of nitrogens with zero attached hydrogens (tertiary/aromatic N) is 3. The van der Waals surface area contributed by atoms with E-state index in [2.05, 4.69) is 29.4 Å². The van der Waals surface area contributed by atoms with E-state index in [1.165, 1.54) is 11.8 Å². The number of carbonyl (C=O) groups excluding carboxylic acids is 1. The molecule has 1 unspecified atom stereocenters. The van der Waals surface area contributed by atoms with Gasteiger partial charge in [-0.15, -0.1) is 10.2 Å². The molecule has 8 nitrogen and oxygen atoms in total. The Morgan fingerprint density at radius 1 is 1.31 bits per heavy atom. The van der Waals surface area contributed by atoms with E-state index in [1.54, 1.807) is 7.11 Å².